The Bertz CT molecular complexity index is 260. The molecule has 10 heteroatoms. The predicted molar refractivity (Wildman–Crippen MR) is 91.0 cm³/mol. The van der Waals surface area contributed by atoms with Crippen LogP contribution in [0.5, 0.6) is 0 Å². The summed E-state index contributed by atoms with van der Waals surface area (Å²) in [5.74, 6) is -1.08. The van der Waals surface area contributed by atoms with Gasteiger partial charge in [-0.3, -0.25) is 0 Å². The molecule has 0 aliphatic rings. The zero-order valence-corrected chi connectivity index (χ0v) is 19.1. The Kier molecular flexibility index (Phi) is 7.54. The van der Waals surface area contributed by atoms with Gasteiger partial charge in [-0.25, -0.2) is 4.79 Å². The largest absolute Gasteiger partial charge is 0.480 e. The monoisotopic (exact) mass is 725 g/mol. The first-order valence-electron chi connectivity index (χ1n) is 3.04. The fraction of sp³-hybridized carbons (Fsp3) is 0.800. The molecule has 2 nitrogen and oxygen atoms in total. The lowest BCUT2D eigenvalue weighted by molar-refractivity contribution is -0.137. The molecule has 0 saturated heterocycles. The van der Waals surface area contributed by atoms with Gasteiger partial charge in [0.15, 0.2) is 0 Å². The van der Waals surface area contributed by atoms with E-state index in [4.69, 9.17) is 5.11 Å². The molecule has 0 aromatic rings. The summed E-state index contributed by atoms with van der Waals surface area (Å²) in [5.41, 5.74) is 0. The topological polar surface area (TPSA) is 37.3 Å². The van der Waals surface area contributed by atoms with E-state index in [9.17, 15) is 4.79 Å². The van der Waals surface area contributed by atoms with Crippen molar-refractivity contribution in [3.63, 3.8) is 0 Å². The third-order valence-corrected chi connectivity index (χ3v) is 15.9. The third kappa shape index (κ3) is 3.66. The standard InChI is InChI=1S/C5H2Br8O2/c6-1(7)3(8,9)5(12,13)4(10,11)2(14)15/h1H,(H,14,15). The van der Waals surface area contributed by atoms with Crippen LogP contribution in [0.3, 0.4) is 0 Å². The lowest BCUT2D eigenvalue weighted by Gasteiger charge is -2.41. The van der Waals surface area contributed by atoms with E-state index in [0.29, 0.717) is 0 Å². The van der Waals surface area contributed by atoms with Gasteiger partial charge in [0.2, 0.25) is 3.23 Å². The summed E-state index contributed by atoms with van der Waals surface area (Å²) in [5, 5.41) is 9.10. The maximum absolute atomic E-state index is 11.1. The molecule has 0 heterocycles. The number of rotatable bonds is 4. The van der Waals surface area contributed by atoms with Gasteiger partial charge in [-0.15, -0.1) is 0 Å². The summed E-state index contributed by atoms with van der Waals surface area (Å²) in [7, 11) is 0. The van der Waals surface area contributed by atoms with Crippen LogP contribution in [-0.2, 0) is 4.79 Å². The average molecular weight is 733 g/mol. The number of aliphatic carboxylic acids is 1. The van der Waals surface area contributed by atoms with Gasteiger partial charge in [-0.05, 0) is 0 Å². The maximum Gasteiger partial charge on any atom is 0.333 e. The SMILES string of the molecule is O=C(O)C(Br)(Br)C(Br)(Br)C(Br)(Br)C(Br)Br. The van der Waals surface area contributed by atoms with Gasteiger partial charge in [0, 0.05) is 0 Å². The molecule has 0 atom stereocenters. The van der Waals surface area contributed by atoms with Crippen molar-refractivity contribution in [2.45, 2.75) is 13.4 Å². The van der Waals surface area contributed by atoms with Crippen molar-refractivity contribution in [1.29, 1.82) is 0 Å². The van der Waals surface area contributed by atoms with E-state index in [0.717, 1.165) is 0 Å². The third-order valence-electron chi connectivity index (χ3n) is 1.36. The van der Waals surface area contributed by atoms with Gasteiger partial charge in [0.25, 0.3) is 0 Å². The number of hydrogen-bond donors (Lipinski definition) is 1. The average Bonchev–Trinajstić information content (AvgIpc) is 2.02. The Hall–Kier alpha value is 3.31. The molecule has 0 aliphatic carbocycles. The van der Waals surface area contributed by atoms with Crippen molar-refractivity contribution in [2.75, 3.05) is 0 Å². The van der Waals surface area contributed by atoms with Gasteiger partial charge in [-0.2, -0.15) is 0 Å². The van der Waals surface area contributed by atoms with Gasteiger partial charge in [-0.1, -0.05) is 127 Å². The van der Waals surface area contributed by atoms with Gasteiger partial charge < -0.3 is 5.11 Å². The highest BCUT2D eigenvalue weighted by Gasteiger charge is 2.63. The van der Waals surface area contributed by atoms with Crippen LogP contribution in [0.15, 0.2) is 0 Å². The van der Waals surface area contributed by atoms with Crippen molar-refractivity contribution in [1.82, 2.24) is 0 Å². The van der Waals surface area contributed by atoms with Crippen LogP contribution in [0.4, 0.5) is 0 Å². The summed E-state index contributed by atoms with van der Waals surface area (Å²) in [6, 6.07) is 0. The van der Waals surface area contributed by atoms with Crippen LogP contribution in [0, 0.1) is 0 Å². The van der Waals surface area contributed by atoms with Crippen LogP contribution in [0.1, 0.15) is 0 Å². The molecule has 90 valence electrons. The van der Waals surface area contributed by atoms with Crippen molar-refractivity contribution in [2.24, 2.45) is 0 Å². The summed E-state index contributed by atoms with van der Waals surface area (Å²) >= 11 is 26.2. The lowest BCUT2D eigenvalue weighted by atomic mass is 10.2. The molecule has 0 amide bonds. The number of hydrogen-bond acceptors (Lipinski definition) is 1. The summed E-state index contributed by atoms with van der Waals surface area (Å²) in [4.78, 5) is 11.1. The zero-order valence-electron chi connectivity index (χ0n) is 6.46. The first-order chi connectivity index (χ1) is 6.39. The first kappa shape index (κ1) is 18.3. The molecule has 0 aliphatic heterocycles. The molecule has 1 N–H and O–H groups in total. The first-order valence-corrected chi connectivity index (χ1v) is 9.63. The van der Waals surface area contributed by atoms with E-state index < -0.39 is 15.7 Å². The van der Waals surface area contributed by atoms with Gasteiger partial charge in [0.05, 0.1) is 3.74 Å². The number of carbonyl (C=O) groups is 1. The van der Waals surface area contributed by atoms with Crippen molar-refractivity contribution in [3.05, 3.63) is 0 Å². The van der Waals surface area contributed by atoms with Crippen LogP contribution in [0.2, 0.25) is 0 Å². The van der Waals surface area contributed by atoms with E-state index in [2.05, 4.69) is 127 Å². The molecule has 0 rings (SSSR count). The van der Waals surface area contributed by atoms with E-state index in [1.165, 1.54) is 0 Å². The molecule has 0 radical (unpaired) electrons. The lowest BCUT2D eigenvalue weighted by Crippen LogP contribution is -2.54. The van der Waals surface area contributed by atoms with Crippen molar-refractivity contribution in [3.8, 4) is 0 Å². The molecule has 0 saturated carbocycles. The highest BCUT2D eigenvalue weighted by atomic mass is 79.9. The van der Waals surface area contributed by atoms with Crippen molar-refractivity contribution < 1.29 is 9.90 Å². The van der Waals surface area contributed by atoms with Crippen LogP contribution >= 0.6 is 127 Å². The quantitative estimate of drug-likeness (QED) is 0.380. The van der Waals surface area contributed by atoms with Crippen LogP contribution < -0.4 is 0 Å². The number of carboxylic acids is 1. The van der Waals surface area contributed by atoms with E-state index in [1.807, 2.05) is 0 Å². The molecule has 0 aromatic heterocycles. The number of halogens is 8. The fourth-order valence-corrected chi connectivity index (χ4v) is 5.48. The highest BCUT2D eigenvalue weighted by molar-refractivity contribution is 9.34. The molecular formula is C5H2Br8O2. The van der Waals surface area contributed by atoms with Crippen molar-refractivity contribution >= 4 is 133 Å². The van der Waals surface area contributed by atoms with E-state index in [1.54, 1.807) is 0 Å². The minimum Gasteiger partial charge on any atom is -0.480 e. The zero-order chi connectivity index (χ0) is 12.7. The molecule has 15 heavy (non-hydrogen) atoms. The summed E-state index contributed by atoms with van der Waals surface area (Å²) < 4.78 is -3.55. The minimum atomic E-state index is -1.42. The normalized spacial score (nSPS) is 14.5. The summed E-state index contributed by atoms with van der Waals surface area (Å²) in [6.07, 6.45) is 0. The van der Waals surface area contributed by atoms with Gasteiger partial charge >= 0.3 is 5.97 Å². The fourth-order valence-electron chi connectivity index (χ4n) is 0.481. The highest BCUT2D eigenvalue weighted by Crippen LogP contribution is 2.63. The number of alkyl halides is 8. The Morgan fingerprint density at radius 1 is 1.00 bits per heavy atom. The molecule has 0 aromatic carbocycles. The van der Waals surface area contributed by atoms with E-state index in [-0.39, 0.29) is 3.74 Å². The molecule has 0 fully saturated rings. The number of carboxylic acid groups (broad SMARTS) is 1. The molecule has 0 unspecified atom stereocenters. The Labute approximate surface area is 154 Å². The molecular weight excluding hydrogens is 731 g/mol. The van der Waals surface area contributed by atoms with Gasteiger partial charge in [0.1, 0.15) is 6.47 Å². The minimum absolute atomic E-state index is 0.245. The maximum atomic E-state index is 11.1. The molecule has 0 bridgehead atoms. The smallest absolute Gasteiger partial charge is 0.333 e. The van der Waals surface area contributed by atoms with E-state index >= 15 is 0 Å². The predicted octanol–water partition coefficient (Wildman–Crippen LogP) is 5.65. The molecule has 0 spiro atoms. The Morgan fingerprint density at radius 2 is 1.33 bits per heavy atom. The van der Waals surface area contributed by atoms with Crippen LogP contribution in [0.25, 0.3) is 0 Å². The Morgan fingerprint density at radius 3 is 1.53 bits per heavy atom. The second-order valence-electron chi connectivity index (χ2n) is 2.38. The second-order valence-corrected chi connectivity index (χ2v) is 15.9. The Balaban J connectivity index is 5.40. The van der Waals surface area contributed by atoms with Crippen LogP contribution in [-0.4, -0.2) is 24.5 Å². The second kappa shape index (κ2) is 6.17. The summed E-state index contributed by atoms with van der Waals surface area (Å²) in [6.45, 7) is 0.